The van der Waals surface area contributed by atoms with E-state index in [9.17, 15) is 9.59 Å². The lowest BCUT2D eigenvalue weighted by Gasteiger charge is -2.06. The SMILES string of the molecule is COC(=O)C1C=NC(C(=O)OC)C1. The van der Waals surface area contributed by atoms with Crippen LogP contribution in [0.1, 0.15) is 6.42 Å². The van der Waals surface area contributed by atoms with Gasteiger partial charge in [0.25, 0.3) is 0 Å². The predicted octanol–water partition coefficient (Wildman–Crippen LogP) is -0.208. The second-order valence-electron chi connectivity index (χ2n) is 2.70. The zero-order valence-corrected chi connectivity index (χ0v) is 7.52. The second kappa shape index (κ2) is 4.02. The summed E-state index contributed by atoms with van der Waals surface area (Å²) in [6.07, 6.45) is 1.78. The van der Waals surface area contributed by atoms with Crippen LogP contribution in [0.2, 0.25) is 0 Å². The van der Waals surface area contributed by atoms with Gasteiger partial charge in [-0.3, -0.25) is 9.79 Å². The molecule has 0 bridgehead atoms. The molecular weight excluding hydrogens is 174 g/mol. The molecule has 2 unspecified atom stereocenters. The molecule has 0 radical (unpaired) electrons. The van der Waals surface area contributed by atoms with Gasteiger partial charge in [-0.1, -0.05) is 0 Å². The van der Waals surface area contributed by atoms with Crippen molar-refractivity contribution in [3.8, 4) is 0 Å². The fourth-order valence-corrected chi connectivity index (χ4v) is 1.17. The minimum absolute atomic E-state index is 0.347. The normalized spacial score (nSPS) is 25.7. The van der Waals surface area contributed by atoms with Gasteiger partial charge in [0.2, 0.25) is 0 Å². The number of carbonyl (C=O) groups is 2. The van der Waals surface area contributed by atoms with Gasteiger partial charge in [0.15, 0.2) is 0 Å². The largest absolute Gasteiger partial charge is 0.469 e. The Morgan fingerprint density at radius 3 is 2.46 bits per heavy atom. The summed E-state index contributed by atoms with van der Waals surface area (Å²) in [6, 6.07) is -0.547. The van der Waals surface area contributed by atoms with Crippen LogP contribution >= 0.6 is 0 Å². The summed E-state index contributed by atoms with van der Waals surface area (Å²) < 4.78 is 9.00. The van der Waals surface area contributed by atoms with Gasteiger partial charge in [-0.25, -0.2) is 4.79 Å². The minimum atomic E-state index is -0.547. The van der Waals surface area contributed by atoms with Crippen molar-refractivity contribution in [2.24, 2.45) is 10.9 Å². The Morgan fingerprint density at radius 2 is 1.92 bits per heavy atom. The number of ether oxygens (including phenoxy) is 2. The molecule has 0 N–H and O–H groups in total. The molecular formula is C8H11NO4. The molecule has 0 aromatic rings. The first-order valence-corrected chi connectivity index (χ1v) is 3.88. The van der Waals surface area contributed by atoms with Crippen LogP contribution in [0.15, 0.2) is 4.99 Å². The van der Waals surface area contributed by atoms with Crippen LogP contribution in [0.3, 0.4) is 0 Å². The van der Waals surface area contributed by atoms with E-state index >= 15 is 0 Å². The van der Waals surface area contributed by atoms with Crippen LogP contribution in [0.4, 0.5) is 0 Å². The maximum Gasteiger partial charge on any atom is 0.330 e. The highest BCUT2D eigenvalue weighted by atomic mass is 16.5. The molecule has 5 nitrogen and oxygen atoms in total. The van der Waals surface area contributed by atoms with E-state index in [0.29, 0.717) is 6.42 Å². The molecule has 5 heteroatoms. The Balaban J connectivity index is 2.51. The predicted molar refractivity (Wildman–Crippen MR) is 44.4 cm³/mol. The number of aliphatic imine (C=N–C) groups is 1. The molecule has 0 aromatic heterocycles. The number of nitrogens with zero attached hydrogens (tertiary/aromatic N) is 1. The third kappa shape index (κ3) is 2.05. The van der Waals surface area contributed by atoms with Crippen LogP contribution in [-0.2, 0) is 19.1 Å². The van der Waals surface area contributed by atoms with Crippen molar-refractivity contribution in [1.82, 2.24) is 0 Å². The summed E-state index contributed by atoms with van der Waals surface area (Å²) in [7, 11) is 2.60. The molecule has 0 fully saturated rings. The molecule has 0 saturated heterocycles. The van der Waals surface area contributed by atoms with E-state index in [0.717, 1.165) is 0 Å². The van der Waals surface area contributed by atoms with Crippen LogP contribution in [0, 0.1) is 5.92 Å². The first-order valence-electron chi connectivity index (χ1n) is 3.88. The summed E-state index contributed by atoms with van der Waals surface area (Å²) in [4.78, 5) is 25.8. The van der Waals surface area contributed by atoms with Crippen molar-refractivity contribution < 1.29 is 19.1 Å². The minimum Gasteiger partial charge on any atom is -0.469 e. The number of methoxy groups -OCH3 is 2. The summed E-state index contributed by atoms with van der Waals surface area (Å²) in [5.41, 5.74) is 0. The highest BCUT2D eigenvalue weighted by Crippen LogP contribution is 2.17. The van der Waals surface area contributed by atoms with E-state index in [4.69, 9.17) is 0 Å². The summed E-state index contributed by atoms with van der Waals surface area (Å²) >= 11 is 0. The molecule has 0 aromatic carbocycles. The molecule has 0 amide bonds. The average Bonchev–Trinajstić information content (AvgIpc) is 2.64. The molecule has 2 atom stereocenters. The topological polar surface area (TPSA) is 65.0 Å². The Morgan fingerprint density at radius 1 is 1.31 bits per heavy atom. The Bertz CT molecular complexity index is 225. The summed E-state index contributed by atoms with van der Waals surface area (Å²) in [5, 5.41) is 0. The Kier molecular flexibility index (Phi) is 3.00. The molecule has 0 saturated carbocycles. The Labute approximate surface area is 75.7 Å². The van der Waals surface area contributed by atoms with Crippen LogP contribution in [0.5, 0.6) is 0 Å². The quantitative estimate of drug-likeness (QED) is 0.558. The standard InChI is InChI=1S/C8H11NO4/c1-12-7(10)5-3-6(9-4-5)8(11)13-2/h4-6H,3H2,1-2H3. The van der Waals surface area contributed by atoms with Gasteiger partial charge in [0.05, 0.1) is 20.1 Å². The lowest BCUT2D eigenvalue weighted by Crippen LogP contribution is -2.22. The van der Waals surface area contributed by atoms with Crippen LogP contribution in [0.25, 0.3) is 0 Å². The second-order valence-corrected chi connectivity index (χ2v) is 2.70. The van der Waals surface area contributed by atoms with E-state index < -0.39 is 17.9 Å². The first kappa shape index (κ1) is 9.70. The smallest absolute Gasteiger partial charge is 0.330 e. The van der Waals surface area contributed by atoms with Gasteiger partial charge < -0.3 is 9.47 Å². The monoisotopic (exact) mass is 185 g/mol. The number of hydrogen-bond acceptors (Lipinski definition) is 5. The van der Waals surface area contributed by atoms with E-state index in [1.54, 1.807) is 0 Å². The van der Waals surface area contributed by atoms with Crippen LogP contribution < -0.4 is 0 Å². The third-order valence-electron chi connectivity index (χ3n) is 1.90. The molecule has 0 aliphatic carbocycles. The lowest BCUT2D eigenvalue weighted by atomic mass is 10.1. The highest BCUT2D eigenvalue weighted by molar-refractivity contribution is 5.94. The maximum atomic E-state index is 11.0. The van der Waals surface area contributed by atoms with Crippen molar-refractivity contribution in [3.63, 3.8) is 0 Å². The number of hydrogen-bond donors (Lipinski definition) is 0. The van der Waals surface area contributed by atoms with Crippen LogP contribution in [-0.4, -0.2) is 38.4 Å². The Hall–Kier alpha value is -1.39. The van der Waals surface area contributed by atoms with Crippen molar-refractivity contribution in [1.29, 1.82) is 0 Å². The molecule has 72 valence electrons. The van der Waals surface area contributed by atoms with Gasteiger partial charge in [-0.05, 0) is 6.42 Å². The van der Waals surface area contributed by atoms with E-state index in [1.165, 1.54) is 20.4 Å². The average molecular weight is 185 g/mol. The summed E-state index contributed by atoms with van der Waals surface area (Å²) in [5.74, 6) is -1.19. The van der Waals surface area contributed by atoms with Crippen molar-refractivity contribution in [2.45, 2.75) is 12.5 Å². The molecule has 1 heterocycles. The fourth-order valence-electron chi connectivity index (χ4n) is 1.17. The molecule has 1 aliphatic heterocycles. The third-order valence-corrected chi connectivity index (χ3v) is 1.90. The number of rotatable bonds is 2. The first-order chi connectivity index (χ1) is 6.19. The molecule has 13 heavy (non-hydrogen) atoms. The molecule has 1 aliphatic rings. The van der Waals surface area contributed by atoms with Crippen molar-refractivity contribution in [3.05, 3.63) is 0 Å². The van der Waals surface area contributed by atoms with E-state index in [-0.39, 0.29) is 5.97 Å². The van der Waals surface area contributed by atoms with E-state index in [2.05, 4.69) is 14.5 Å². The lowest BCUT2D eigenvalue weighted by molar-refractivity contribution is -0.144. The summed E-state index contributed by atoms with van der Waals surface area (Å²) in [6.45, 7) is 0. The molecule has 1 rings (SSSR count). The highest BCUT2D eigenvalue weighted by Gasteiger charge is 2.31. The zero-order chi connectivity index (χ0) is 9.84. The van der Waals surface area contributed by atoms with Gasteiger partial charge >= 0.3 is 11.9 Å². The number of carbonyl (C=O) groups excluding carboxylic acids is 2. The zero-order valence-electron chi connectivity index (χ0n) is 7.52. The molecule has 0 spiro atoms. The fraction of sp³-hybridized carbons (Fsp3) is 0.625. The van der Waals surface area contributed by atoms with Gasteiger partial charge in [0, 0.05) is 6.21 Å². The van der Waals surface area contributed by atoms with Gasteiger partial charge in [-0.2, -0.15) is 0 Å². The van der Waals surface area contributed by atoms with E-state index in [1.807, 2.05) is 0 Å². The van der Waals surface area contributed by atoms with Crippen molar-refractivity contribution in [2.75, 3.05) is 14.2 Å². The maximum absolute atomic E-state index is 11.0. The van der Waals surface area contributed by atoms with Gasteiger partial charge in [-0.15, -0.1) is 0 Å². The number of esters is 2. The van der Waals surface area contributed by atoms with Crippen molar-refractivity contribution >= 4 is 18.2 Å². The van der Waals surface area contributed by atoms with Gasteiger partial charge in [0.1, 0.15) is 6.04 Å².